The van der Waals surface area contributed by atoms with Crippen molar-refractivity contribution in [2.45, 2.75) is 0 Å². The maximum absolute atomic E-state index is 6.05. The Morgan fingerprint density at radius 2 is 1.19 bits per heavy atom. The smallest absolute Gasteiger partial charge is 0.160 e. The summed E-state index contributed by atoms with van der Waals surface area (Å²) in [5.41, 5.74) is 8.65. The summed E-state index contributed by atoms with van der Waals surface area (Å²) in [5, 5.41) is 2.18. The van der Waals surface area contributed by atoms with Crippen LogP contribution in [0, 0.1) is 0 Å². The number of para-hydroxylation sites is 1. The molecule has 174 valence electrons. The zero-order chi connectivity index (χ0) is 24.6. The zero-order valence-corrected chi connectivity index (χ0v) is 19.9. The molecule has 3 heterocycles. The molecule has 0 fully saturated rings. The van der Waals surface area contributed by atoms with E-state index in [2.05, 4.69) is 65.6 Å². The summed E-state index contributed by atoms with van der Waals surface area (Å²) in [6, 6.07) is 39.0. The van der Waals surface area contributed by atoms with Crippen LogP contribution in [0.25, 0.3) is 67.0 Å². The van der Waals surface area contributed by atoms with Gasteiger partial charge in [-0.2, -0.15) is 0 Å². The van der Waals surface area contributed by atoms with Gasteiger partial charge in [-0.3, -0.25) is 4.98 Å². The average molecular weight is 476 g/mol. The van der Waals surface area contributed by atoms with Crippen LogP contribution in [-0.2, 0) is 0 Å². The number of nitrogens with zero attached hydrogens (tertiary/aromatic N) is 3. The SMILES string of the molecule is c1ccc(-c2cc(-c3ccc4oc5ccccc5c4c3)nc(-c3cccc(-c4cccnc4)c3)n2)cc1. The Balaban J connectivity index is 1.41. The minimum absolute atomic E-state index is 0.680. The van der Waals surface area contributed by atoms with Gasteiger partial charge < -0.3 is 4.42 Å². The first-order chi connectivity index (χ1) is 18.3. The molecule has 4 aromatic carbocycles. The van der Waals surface area contributed by atoms with Crippen LogP contribution >= 0.6 is 0 Å². The highest BCUT2D eigenvalue weighted by atomic mass is 16.3. The maximum atomic E-state index is 6.05. The molecule has 37 heavy (non-hydrogen) atoms. The summed E-state index contributed by atoms with van der Waals surface area (Å²) in [7, 11) is 0. The highest BCUT2D eigenvalue weighted by molar-refractivity contribution is 6.06. The average Bonchev–Trinajstić information content (AvgIpc) is 3.36. The summed E-state index contributed by atoms with van der Waals surface area (Å²) < 4.78 is 6.05. The van der Waals surface area contributed by atoms with Gasteiger partial charge in [-0.1, -0.05) is 72.8 Å². The van der Waals surface area contributed by atoms with Gasteiger partial charge in [0.15, 0.2) is 5.82 Å². The van der Waals surface area contributed by atoms with Crippen molar-refractivity contribution in [2.75, 3.05) is 0 Å². The Morgan fingerprint density at radius 3 is 2.05 bits per heavy atom. The fraction of sp³-hybridized carbons (Fsp3) is 0. The third-order valence-corrected chi connectivity index (χ3v) is 6.58. The predicted molar refractivity (Wildman–Crippen MR) is 149 cm³/mol. The number of hydrogen-bond donors (Lipinski definition) is 0. The van der Waals surface area contributed by atoms with Gasteiger partial charge in [0.25, 0.3) is 0 Å². The fourth-order valence-electron chi connectivity index (χ4n) is 4.74. The van der Waals surface area contributed by atoms with Crippen molar-refractivity contribution in [3.63, 3.8) is 0 Å². The summed E-state index contributed by atoms with van der Waals surface area (Å²) in [6.45, 7) is 0. The van der Waals surface area contributed by atoms with E-state index in [-0.39, 0.29) is 0 Å². The quantitative estimate of drug-likeness (QED) is 0.256. The minimum atomic E-state index is 0.680. The number of hydrogen-bond acceptors (Lipinski definition) is 4. The van der Waals surface area contributed by atoms with Crippen LogP contribution in [-0.4, -0.2) is 15.0 Å². The molecule has 4 heteroatoms. The van der Waals surface area contributed by atoms with Gasteiger partial charge in [-0.05, 0) is 48.0 Å². The first kappa shape index (κ1) is 21.2. The molecular formula is C33H21N3O. The lowest BCUT2D eigenvalue weighted by Gasteiger charge is -2.10. The van der Waals surface area contributed by atoms with E-state index in [0.717, 1.165) is 61.1 Å². The van der Waals surface area contributed by atoms with Gasteiger partial charge in [-0.25, -0.2) is 9.97 Å². The standard InChI is InChI=1S/C33H21N3O/c1-2-8-22(9-3-1)29-20-30(24-15-16-32-28(19-24)27-13-4-5-14-31(27)37-32)36-33(35-29)25-11-6-10-23(18-25)26-12-7-17-34-21-26/h1-21H. The Kier molecular flexibility index (Phi) is 5.07. The van der Waals surface area contributed by atoms with Crippen molar-refractivity contribution in [1.29, 1.82) is 0 Å². The molecule has 0 atom stereocenters. The fourth-order valence-corrected chi connectivity index (χ4v) is 4.74. The Hall–Kier alpha value is -5.09. The van der Waals surface area contributed by atoms with Crippen molar-refractivity contribution in [3.8, 4) is 45.0 Å². The van der Waals surface area contributed by atoms with Gasteiger partial charge in [0.1, 0.15) is 11.2 Å². The van der Waals surface area contributed by atoms with Crippen LogP contribution in [0.1, 0.15) is 0 Å². The normalized spacial score (nSPS) is 11.2. The zero-order valence-electron chi connectivity index (χ0n) is 19.9. The molecule has 0 aliphatic carbocycles. The second-order valence-corrected chi connectivity index (χ2v) is 8.96. The van der Waals surface area contributed by atoms with Gasteiger partial charge in [0.2, 0.25) is 0 Å². The van der Waals surface area contributed by atoms with E-state index in [0.29, 0.717) is 5.82 Å². The molecule has 0 saturated heterocycles. The van der Waals surface area contributed by atoms with Crippen LogP contribution < -0.4 is 0 Å². The molecule has 7 rings (SSSR count). The van der Waals surface area contributed by atoms with Gasteiger partial charge in [0, 0.05) is 45.4 Å². The van der Waals surface area contributed by atoms with Crippen LogP contribution in [0.2, 0.25) is 0 Å². The van der Waals surface area contributed by atoms with E-state index in [1.807, 2.05) is 60.8 Å². The number of aromatic nitrogens is 3. The van der Waals surface area contributed by atoms with Crippen molar-refractivity contribution >= 4 is 21.9 Å². The van der Waals surface area contributed by atoms with Gasteiger partial charge in [-0.15, -0.1) is 0 Å². The van der Waals surface area contributed by atoms with E-state index in [9.17, 15) is 0 Å². The number of furan rings is 1. The number of rotatable bonds is 4. The number of fused-ring (bicyclic) bond motifs is 3. The molecule has 7 aromatic rings. The van der Waals surface area contributed by atoms with E-state index in [4.69, 9.17) is 14.4 Å². The molecule has 0 aliphatic rings. The molecule has 0 aliphatic heterocycles. The van der Waals surface area contributed by atoms with Crippen molar-refractivity contribution < 1.29 is 4.42 Å². The number of benzene rings is 4. The first-order valence-electron chi connectivity index (χ1n) is 12.2. The van der Waals surface area contributed by atoms with E-state index >= 15 is 0 Å². The molecule has 0 N–H and O–H groups in total. The van der Waals surface area contributed by atoms with Gasteiger partial charge >= 0.3 is 0 Å². The van der Waals surface area contributed by atoms with E-state index in [1.54, 1.807) is 6.20 Å². The topological polar surface area (TPSA) is 51.8 Å². The van der Waals surface area contributed by atoms with E-state index in [1.165, 1.54) is 0 Å². The molecule has 0 radical (unpaired) electrons. The summed E-state index contributed by atoms with van der Waals surface area (Å²) in [5.74, 6) is 0.680. The molecule has 0 spiro atoms. The minimum Gasteiger partial charge on any atom is -0.456 e. The highest BCUT2D eigenvalue weighted by Crippen LogP contribution is 2.34. The highest BCUT2D eigenvalue weighted by Gasteiger charge is 2.13. The van der Waals surface area contributed by atoms with Crippen molar-refractivity contribution in [2.24, 2.45) is 0 Å². The molecule has 4 nitrogen and oxygen atoms in total. The molecule has 0 amide bonds. The van der Waals surface area contributed by atoms with Crippen LogP contribution in [0.4, 0.5) is 0 Å². The Labute approximate surface area is 213 Å². The lowest BCUT2D eigenvalue weighted by atomic mass is 10.0. The van der Waals surface area contributed by atoms with Crippen LogP contribution in [0.5, 0.6) is 0 Å². The van der Waals surface area contributed by atoms with E-state index < -0.39 is 0 Å². The largest absolute Gasteiger partial charge is 0.456 e. The molecule has 3 aromatic heterocycles. The molecule has 0 saturated carbocycles. The lowest BCUT2D eigenvalue weighted by Crippen LogP contribution is -1.96. The Bertz CT molecular complexity index is 1880. The van der Waals surface area contributed by atoms with Gasteiger partial charge in [0.05, 0.1) is 11.4 Å². The summed E-state index contributed by atoms with van der Waals surface area (Å²) >= 11 is 0. The second kappa shape index (κ2) is 8.85. The van der Waals surface area contributed by atoms with Crippen LogP contribution in [0.15, 0.2) is 132 Å². The lowest BCUT2D eigenvalue weighted by molar-refractivity contribution is 0.669. The Morgan fingerprint density at radius 1 is 0.459 bits per heavy atom. The third-order valence-electron chi connectivity index (χ3n) is 6.58. The second-order valence-electron chi connectivity index (χ2n) is 8.96. The number of pyridine rings is 1. The summed E-state index contributed by atoms with van der Waals surface area (Å²) in [4.78, 5) is 14.3. The van der Waals surface area contributed by atoms with Crippen LogP contribution in [0.3, 0.4) is 0 Å². The molecule has 0 bridgehead atoms. The third kappa shape index (κ3) is 3.95. The monoisotopic (exact) mass is 475 g/mol. The predicted octanol–water partition coefficient (Wildman–Crippen LogP) is 8.44. The maximum Gasteiger partial charge on any atom is 0.160 e. The van der Waals surface area contributed by atoms with Crippen molar-refractivity contribution in [3.05, 3.63) is 128 Å². The molecule has 0 unspecified atom stereocenters. The first-order valence-corrected chi connectivity index (χ1v) is 12.2. The summed E-state index contributed by atoms with van der Waals surface area (Å²) in [6.07, 6.45) is 3.66. The molecular weight excluding hydrogens is 454 g/mol. The van der Waals surface area contributed by atoms with Crippen molar-refractivity contribution in [1.82, 2.24) is 15.0 Å².